The van der Waals surface area contributed by atoms with Crippen molar-refractivity contribution in [1.29, 1.82) is 0 Å². The Hall–Kier alpha value is -2.93. The van der Waals surface area contributed by atoms with E-state index in [1.807, 2.05) is 62.5 Å². The van der Waals surface area contributed by atoms with Crippen molar-refractivity contribution in [3.05, 3.63) is 64.5 Å². The minimum Gasteiger partial charge on any atom is -0.334 e. The molecule has 7 heteroatoms. The Balaban J connectivity index is 1.82. The molecule has 1 atom stereocenters. The average molecular weight is 395 g/mol. The highest BCUT2D eigenvalue weighted by molar-refractivity contribution is 7.13. The number of carbonyl (C=O) groups excluding carboxylic acids is 1. The Kier molecular flexibility index (Phi) is 5.00. The predicted octanol–water partition coefficient (Wildman–Crippen LogP) is 5.01. The van der Waals surface area contributed by atoms with Gasteiger partial charge in [-0.15, -0.1) is 11.3 Å². The lowest BCUT2D eigenvalue weighted by Crippen LogP contribution is -2.46. The molecule has 0 radical (unpaired) electrons. The Morgan fingerprint density at radius 2 is 2.00 bits per heavy atom. The highest BCUT2D eigenvalue weighted by Gasteiger charge is 2.35. The van der Waals surface area contributed by atoms with Crippen LogP contribution in [0.3, 0.4) is 0 Å². The molecule has 2 aromatic heterocycles. The van der Waals surface area contributed by atoms with Gasteiger partial charge in [0.25, 0.3) is 5.89 Å². The molecule has 6 nitrogen and oxygen atoms in total. The smallest absolute Gasteiger partial charge is 0.322 e. The number of allylic oxidation sites excluding steroid dienone is 1. The Morgan fingerprint density at radius 1 is 1.21 bits per heavy atom. The molecular formula is C21H22N4O2S. The van der Waals surface area contributed by atoms with Crippen molar-refractivity contribution < 1.29 is 9.32 Å². The minimum absolute atomic E-state index is 0.105. The Labute approximate surface area is 167 Å². The molecule has 3 aromatic rings. The highest BCUT2D eigenvalue weighted by Crippen LogP contribution is 2.37. The van der Waals surface area contributed by atoms with Gasteiger partial charge in [0.05, 0.1) is 16.5 Å². The van der Waals surface area contributed by atoms with E-state index in [0.29, 0.717) is 18.3 Å². The van der Waals surface area contributed by atoms with Crippen LogP contribution < -0.4 is 5.32 Å². The summed E-state index contributed by atoms with van der Waals surface area (Å²) >= 11 is 1.56. The molecule has 1 unspecified atom stereocenters. The van der Waals surface area contributed by atoms with E-state index in [4.69, 9.17) is 4.52 Å². The second kappa shape index (κ2) is 7.59. The first kappa shape index (κ1) is 18.4. The average Bonchev–Trinajstić information content (AvgIpc) is 3.37. The third-order valence-corrected chi connectivity index (χ3v) is 5.72. The van der Waals surface area contributed by atoms with E-state index < -0.39 is 0 Å². The van der Waals surface area contributed by atoms with Crippen LogP contribution in [0.15, 0.2) is 52.0 Å². The quantitative estimate of drug-likeness (QED) is 0.660. The molecule has 0 aliphatic carbocycles. The molecule has 1 N–H and O–H groups in total. The van der Waals surface area contributed by atoms with E-state index in [9.17, 15) is 4.79 Å². The van der Waals surface area contributed by atoms with Crippen LogP contribution in [0, 0.1) is 6.92 Å². The summed E-state index contributed by atoms with van der Waals surface area (Å²) < 4.78 is 5.65. The topological polar surface area (TPSA) is 71.3 Å². The lowest BCUT2D eigenvalue weighted by molar-refractivity contribution is 0.205. The van der Waals surface area contributed by atoms with Crippen LogP contribution in [0.1, 0.15) is 43.3 Å². The first-order valence-corrected chi connectivity index (χ1v) is 10.2. The summed E-state index contributed by atoms with van der Waals surface area (Å²) in [5.41, 5.74) is 3.84. The van der Waals surface area contributed by atoms with E-state index >= 15 is 0 Å². The molecule has 0 saturated carbocycles. The van der Waals surface area contributed by atoms with Gasteiger partial charge in [-0.05, 0) is 37.3 Å². The van der Waals surface area contributed by atoms with E-state index in [-0.39, 0.29) is 12.1 Å². The third kappa shape index (κ3) is 3.33. The standard InChI is InChI=1S/C21H22N4O2S/c1-4-11-25-14(3)17(20-23-19(24-27-20)16-6-5-12-28-16)18(22-21(25)26)15-9-7-13(2)8-10-15/h5-10,12,18H,4,11H2,1-3H3,(H,22,26). The number of aryl methyl sites for hydroxylation is 1. The molecular weight excluding hydrogens is 372 g/mol. The molecule has 0 spiro atoms. The van der Waals surface area contributed by atoms with Gasteiger partial charge in [-0.1, -0.05) is 48.0 Å². The number of carbonyl (C=O) groups is 1. The number of amides is 2. The van der Waals surface area contributed by atoms with Crippen LogP contribution in [0.5, 0.6) is 0 Å². The van der Waals surface area contributed by atoms with E-state index in [2.05, 4.69) is 15.5 Å². The summed E-state index contributed by atoms with van der Waals surface area (Å²) in [5.74, 6) is 1.000. The molecule has 3 heterocycles. The number of thiophene rings is 1. The fourth-order valence-electron chi connectivity index (χ4n) is 3.40. The summed E-state index contributed by atoms with van der Waals surface area (Å²) in [6.07, 6.45) is 0.859. The van der Waals surface area contributed by atoms with Gasteiger partial charge in [0.1, 0.15) is 0 Å². The van der Waals surface area contributed by atoms with Gasteiger partial charge in [-0.3, -0.25) is 4.90 Å². The van der Waals surface area contributed by atoms with Crippen molar-refractivity contribution in [3.63, 3.8) is 0 Å². The number of hydrogen-bond acceptors (Lipinski definition) is 5. The molecule has 0 saturated heterocycles. The highest BCUT2D eigenvalue weighted by atomic mass is 32.1. The molecule has 0 fully saturated rings. The second-order valence-electron chi connectivity index (χ2n) is 6.84. The molecule has 1 aromatic carbocycles. The van der Waals surface area contributed by atoms with Gasteiger partial charge >= 0.3 is 6.03 Å². The summed E-state index contributed by atoms with van der Waals surface area (Å²) in [5, 5.41) is 9.25. The van der Waals surface area contributed by atoms with Crippen LogP contribution in [-0.2, 0) is 0 Å². The largest absolute Gasteiger partial charge is 0.334 e. The van der Waals surface area contributed by atoms with Crippen LogP contribution in [0.25, 0.3) is 16.3 Å². The molecule has 0 bridgehead atoms. The maximum Gasteiger partial charge on any atom is 0.322 e. The predicted molar refractivity (Wildman–Crippen MR) is 110 cm³/mol. The van der Waals surface area contributed by atoms with Crippen molar-refractivity contribution in [2.24, 2.45) is 0 Å². The van der Waals surface area contributed by atoms with Gasteiger partial charge in [-0.2, -0.15) is 4.98 Å². The first-order chi connectivity index (χ1) is 13.6. The lowest BCUT2D eigenvalue weighted by Gasteiger charge is -2.35. The molecule has 1 aliphatic rings. The van der Waals surface area contributed by atoms with Crippen molar-refractivity contribution in [2.45, 2.75) is 33.2 Å². The zero-order valence-corrected chi connectivity index (χ0v) is 16.9. The van der Waals surface area contributed by atoms with Crippen molar-refractivity contribution in [2.75, 3.05) is 6.54 Å². The summed E-state index contributed by atoms with van der Waals surface area (Å²) in [6.45, 7) is 6.67. The minimum atomic E-state index is -0.335. The third-order valence-electron chi connectivity index (χ3n) is 4.85. The van der Waals surface area contributed by atoms with Gasteiger partial charge in [0.2, 0.25) is 5.82 Å². The first-order valence-electron chi connectivity index (χ1n) is 9.31. The fourth-order valence-corrected chi connectivity index (χ4v) is 4.05. The maximum atomic E-state index is 12.7. The summed E-state index contributed by atoms with van der Waals surface area (Å²) in [6, 6.07) is 11.6. The molecule has 144 valence electrons. The van der Waals surface area contributed by atoms with Crippen LogP contribution in [-0.4, -0.2) is 27.6 Å². The second-order valence-corrected chi connectivity index (χ2v) is 7.79. The number of nitrogens with one attached hydrogen (secondary N) is 1. The van der Waals surface area contributed by atoms with Crippen LogP contribution in [0.4, 0.5) is 4.79 Å². The number of nitrogens with zero attached hydrogens (tertiary/aromatic N) is 3. The zero-order chi connectivity index (χ0) is 19.7. The lowest BCUT2D eigenvalue weighted by atomic mass is 9.94. The number of rotatable bonds is 5. The fraction of sp³-hybridized carbons (Fsp3) is 0.286. The maximum absolute atomic E-state index is 12.7. The van der Waals surface area contributed by atoms with Gasteiger partial charge in [-0.25, -0.2) is 4.79 Å². The Morgan fingerprint density at radius 3 is 2.68 bits per heavy atom. The van der Waals surface area contributed by atoms with E-state index in [1.165, 1.54) is 5.56 Å². The van der Waals surface area contributed by atoms with E-state index in [0.717, 1.165) is 28.1 Å². The normalized spacial score (nSPS) is 17.2. The molecule has 1 aliphatic heterocycles. The summed E-state index contributed by atoms with van der Waals surface area (Å²) in [4.78, 5) is 20.1. The summed E-state index contributed by atoms with van der Waals surface area (Å²) in [7, 11) is 0. The molecule has 28 heavy (non-hydrogen) atoms. The van der Waals surface area contributed by atoms with Crippen molar-refractivity contribution in [3.8, 4) is 10.7 Å². The SMILES string of the molecule is CCCN1C(=O)NC(c2ccc(C)cc2)C(c2nc(-c3cccs3)no2)=C1C. The zero-order valence-electron chi connectivity index (χ0n) is 16.1. The number of aromatic nitrogens is 2. The van der Waals surface area contributed by atoms with Crippen molar-refractivity contribution >= 4 is 22.9 Å². The monoisotopic (exact) mass is 394 g/mol. The number of benzene rings is 1. The van der Waals surface area contributed by atoms with Gasteiger partial charge in [0, 0.05) is 12.2 Å². The van der Waals surface area contributed by atoms with Gasteiger partial charge in [0.15, 0.2) is 0 Å². The van der Waals surface area contributed by atoms with E-state index in [1.54, 1.807) is 16.2 Å². The molecule has 2 amide bonds. The van der Waals surface area contributed by atoms with Crippen LogP contribution >= 0.6 is 11.3 Å². The Bertz CT molecular complexity index is 1010. The van der Waals surface area contributed by atoms with Gasteiger partial charge < -0.3 is 9.84 Å². The molecule has 4 rings (SSSR count). The number of urea groups is 1. The van der Waals surface area contributed by atoms with Crippen molar-refractivity contribution in [1.82, 2.24) is 20.4 Å². The number of hydrogen-bond donors (Lipinski definition) is 1. The van der Waals surface area contributed by atoms with Crippen LogP contribution in [0.2, 0.25) is 0 Å².